The first-order valence-corrected chi connectivity index (χ1v) is 3.80. The van der Waals surface area contributed by atoms with Crippen molar-refractivity contribution in [3.8, 4) is 0 Å². The minimum atomic E-state index is -4.41. The molecule has 0 aliphatic heterocycles. The summed E-state index contributed by atoms with van der Waals surface area (Å²) < 4.78 is 34.6. The van der Waals surface area contributed by atoms with Crippen LogP contribution in [-0.4, -0.2) is 18.9 Å². The third-order valence-electron chi connectivity index (χ3n) is 1.12. The van der Waals surface area contributed by atoms with E-state index in [0.29, 0.717) is 12.8 Å². The first-order valence-electron chi connectivity index (χ1n) is 3.80. The molecule has 2 N–H and O–H groups in total. The Bertz CT molecular complexity index is 154. The van der Waals surface area contributed by atoms with Gasteiger partial charge in [-0.05, 0) is 12.8 Å². The SMILES string of the molecule is CCCCC(=N)C(F)(F)F.CN=N. The Morgan fingerprint density at radius 2 is 1.77 bits per heavy atom. The molecule has 0 rings (SSSR count). The highest BCUT2D eigenvalue weighted by Gasteiger charge is 2.32. The number of alkyl halides is 3. The number of rotatable bonds is 3. The monoisotopic (exact) mass is 197 g/mol. The summed E-state index contributed by atoms with van der Waals surface area (Å²) in [6.45, 7) is 1.80. The minimum absolute atomic E-state index is 0.153. The number of nitrogens with one attached hydrogen (secondary N) is 2. The fraction of sp³-hybridized carbons (Fsp3) is 0.857. The molecule has 0 aromatic rings. The summed E-state index contributed by atoms with van der Waals surface area (Å²) >= 11 is 0. The number of hydrogen-bond acceptors (Lipinski definition) is 3. The molecule has 0 bridgehead atoms. The van der Waals surface area contributed by atoms with Gasteiger partial charge < -0.3 is 5.41 Å². The van der Waals surface area contributed by atoms with E-state index in [4.69, 9.17) is 10.9 Å². The van der Waals surface area contributed by atoms with Gasteiger partial charge in [0.15, 0.2) is 0 Å². The van der Waals surface area contributed by atoms with Gasteiger partial charge in [-0.3, -0.25) is 0 Å². The molecule has 0 unspecified atom stereocenters. The zero-order valence-corrected chi connectivity index (χ0v) is 7.70. The number of nitrogens with zero attached hydrogens (tertiary/aromatic N) is 1. The van der Waals surface area contributed by atoms with Crippen LogP contribution in [0.25, 0.3) is 0 Å². The Balaban J connectivity index is 0. The lowest BCUT2D eigenvalue weighted by molar-refractivity contribution is -0.0613. The van der Waals surface area contributed by atoms with Crippen molar-refractivity contribution >= 4 is 5.71 Å². The molecule has 3 nitrogen and oxygen atoms in total. The Labute approximate surface area is 75.4 Å². The molecule has 0 spiro atoms. The van der Waals surface area contributed by atoms with Crippen LogP contribution in [0.4, 0.5) is 13.2 Å². The third-order valence-corrected chi connectivity index (χ3v) is 1.12. The Kier molecular flexibility index (Phi) is 8.63. The van der Waals surface area contributed by atoms with Gasteiger partial charge in [0, 0.05) is 7.05 Å². The molecule has 6 heteroatoms. The molecule has 0 amide bonds. The lowest BCUT2D eigenvalue weighted by atomic mass is 10.2. The predicted molar refractivity (Wildman–Crippen MR) is 44.4 cm³/mol. The lowest BCUT2D eigenvalue weighted by Crippen LogP contribution is -2.21. The van der Waals surface area contributed by atoms with Gasteiger partial charge in [-0.1, -0.05) is 13.3 Å². The highest BCUT2D eigenvalue weighted by Crippen LogP contribution is 2.19. The third kappa shape index (κ3) is 11.1. The molecule has 0 fully saturated rings. The van der Waals surface area contributed by atoms with E-state index in [1.807, 2.05) is 0 Å². The fourth-order valence-corrected chi connectivity index (χ4v) is 0.495. The minimum Gasteiger partial charge on any atom is -0.301 e. The molecule has 78 valence electrons. The van der Waals surface area contributed by atoms with Crippen molar-refractivity contribution in [2.45, 2.75) is 32.4 Å². The Hall–Kier alpha value is -0.940. The molecule has 0 aromatic heterocycles. The van der Waals surface area contributed by atoms with Crippen LogP contribution in [0.2, 0.25) is 0 Å². The van der Waals surface area contributed by atoms with Gasteiger partial charge in [0.25, 0.3) is 0 Å². The first kappa shape index (κ1) is 14.6. The van der Waals surface area contributed by atoms with Crippen LogP contribution in [0.5, 0.6) is 0 Å². The van der Waals surface area contributed by atoms with Gasteiger partial charge in [-0.15, -0.1) is 0 Å². The summed E-state index contributed by atoms with van der Waals surface area (Å²) in [5.74, 6) is 0. The zero-order valence-electron chi connectivity index (χ0n) is 7.70. The van der Waals surface area contributed by atoms with E-state index in [0.717, 1.165) is 0 Å². The van der Waals surface area contributed by atoms with E-state index in [2.05, 4.69) is 5.11 Å². The average molecular weight is 197 g/mol. The van der Waals surface area contributed by atoms with E-state index in [9.17, 15) is 13.2 Å². The van der Waals surface area contributed by atoms with Crippen LogP contribution in [0.1, 0.15) is 26.2 Å². The molecular weight excluding hydrogens is 183 g/mol. The molecule has 0 aliphatic carbocycles. The van der Waals surface area contributed by atoms with Crippen LogP contribution in [0, 0.1) is 10.9 Å². The molecule has 0 saturated carbocycles. The van der Waals surface area contributed by atoms with Crippen LogP contribution >= 0.6 is 0 Å². The molecule has 0 heterocycles. The van der Waals surface area contributed by atoms with Gasteiger partial charge in [0.1, 0.15) is 5.71 Å². The van der Waals surface area contributed by atoms with E-state index in [1.165, 1.54) is 7.05 Å². The van der Waals surface area contributed by atoms with Gasteiger partial charge in [0.2, 0.25) is 0 Å². The van der Waals surface area contributed by atoms with Crippen molar-refractivity contribution in [2.24, 2.45) is 5.11 Å². The fourth-order valence-electron chi connectivity index (χ4n) is 0.495. The van der Waals surface area contributed by atoms with E-state index in [1.54, 1.807) is 6.92 Å². The maximum Gasteiger partial charge on any atom is 0.428 e. The van der Waals surface area contributed by atoms with Gasteiger partial charge in [-0.25, -0.2) is 10.6 Å². The van der Waals surface area contributed by atoms with Crippen molar-refractivity contribution < 1.29 is 13.2 Å². The summed E-state index contributed by atoms with van der Waals surface area (Å²) in [6.07, 6.45) is -3.42. The summed E-state index contributed by atoms with van der Waals surface area (Å²) in [7, 11) is 1.42. The van der Waals surface area contributed by atoms with Crippen molar-refractivity contribution in [2.75, 3.05) is 7.05 Å². The van der Waals surface area contributed by atoms with E-state index >= 15 is 0 Å². The van der Waals surface area contributed by atoms with Crippen LogP contribution in [-0.2, 0) is 0 Å². The predicted octanol–water partition coefficient (Wildman–Crippen LogP) is 3.41. The molecule has 0 aliphatic rings. The maximum absolute atomic E-state index is 11.5. The second kappa shape index (κ2) is 7.70. The van der Waals surface area contributed by atoms with Crippen molar-refractivity contribution in [3.63, 3.8) is 0 Å². The summed E-state index contributed by atoms with van der Waals surface area (Å²) in [4.78, 5) is 0. The number of halogens is 3. The average Bonchev–Trinajstić information content (AvgIpc) is 1.99. The molecule has 0 aromatic carbocycles. The van der Waals surface area contributed by atoms with Crippen molar-refractivity contribution in [1.82, 2.24) is 0 Å². The summed E-state index contributed by atoms with van der Waals surface area (Å²) in [5, 5.41) is 9.27. The van der Waals surface area contributed by atoms with Gasteiger partial charge in [0.05, 0.1) is 0 Å². The largest absolute Gasteiger partial charge is 0.428 e. The van der Waals surface area contributed by atoms with Crippen molar-refractivity contribution in [3.05, 3.63) is 0 Å². The Morgan fingerprint density at radius 1 is 1.38 bits per heavy atom. The normalized spacial score (nSPS) is 9.92. The van der Waals surface area contributed by atoms with Crippen molar-refractivity contribution in [1.29, 1.82) is 10.9 Å². The highest BCUT2D eigenvalue weighted by atomic mass is 19.4. The number of unbranched alkanes of at least 4 members (excludes halogenated alkanes) is 1. The quantitative estimate of drug-likeness (QED) is 0.514. The highest BCUT2D eigenvalue weighted by molar-refractivity contribution is 5.86. The lowest BCUT2D eigenvalue weighted by Gasteiger charge is -2.05. The molecular formula is C7H14F3N3. The Morgan fingerprint density at radius 3 is 2.00 bits per heavy atom. The number of hydrogen-bond donors (Lipinski definition) is 2. The smallest absolute Gasteiger partial charge is 0.301 e. The second-order valence-electron chi connectivity index (χ2n) is 2.30. The maximum atomic E-state index is 11.5. The second-order valence-corrected chi connectivity index (χ2v) is 2.30. The molecule has 13 heavy (non-hydrogen) atoms. The zero-order chi connectivity index (χ0) is 10.9. The standard InChI is InChI=1S/C6H10F3N.CH4N2/c1-2-3-4-5(10)6(7,8)9;1-3-2/h10H,2-4H2,1H3;2H,1H3. The van der Waals surface area contributed by atoms with Crippen LogP contribution in [0.3, 0.4) is 0 Å². The van der Waals surface area contributed by atoms with E-state index in [-0.39, 0.29) is 6.42 Å². The van der Waals surface area contributed by atoms with Gasteiger partial charge in [-0.2, -0.15) is 13.2 Å². The first-order chi connectivity index (χ1) is 5.90. The molecule has 0 atom stereocenters. The summed E-state index contributed by atoms with van der Waals surface area (Å²) in [6, 6.07) is 0. The molecule has 0 saturated heterocycles. The summed E-state index contributed by atoms with van der Waals surface area (Å²) in [5.41, 5.74) is 4.72. The van der Waals surface area contributed by atoms with Crippen LogP contribution in [0.15, 0.2) is 5.11 Å². The van der Waals surface area contributed by atoms with Crippen LogP contribution < -0.4 is 0 Å². The van der Waals surface area contributed by atoms with Gasteiger partial charge >= 0.3 is 6.18 Å². The topological polar surface area (TPSA) is 60.1 Å². The van der Waals surface area contributed by atoms with E-state index < -0.39 is 11.9 Å². The molecule has 0 radical (unpaired) electrons.